The average molecular weight is 708 g/mol. The van der Waals surface area contributed by atoms with Crippen LogP contribution < -0.4 is 20.7 Å². The smallest absolute Gasteiger partial charge is 0.155 e. The first-order valence-corrected chi connectivity index (χ1v) is 14.5. The molecule has 4 aromatic carbocycles. The van der Waals surface area contributed by atoms with Crippen molar-refractivity contribution in [3.8, 4) is 11.3 Å². The number of hydrogen-bond donors (Lipinski definition) is 1. The number of aromatic nitrogens is 1. The molecule has 1 N–H and O–H groups in total. The number of aliphatic hydroxyl groups excluding tert-OH is 1. The molecule has 0 unspecified atom stereocenters. The molecule has 0 aliphatic carbocycles. The zero-order valence-electron chi connectivity index (χ0n) is 21.9. The Morgan fingerprint density at radius 1 is 0.692 bits per heavy atom. The molecule has 0 radical (unpaired) electrons. The van der Waals surface area contributed by atoms with Crippen molar-refractivity contribution < 1.29 is 31.0 Å². The van der Waals surface area contributed by atoms with Crippen molar-refractivity contribution in [2.45, 2.75) is 13.8 Å². The Balaban J connectivity index is 0.000000468. The van der Waals surface area contributed by atoms with Gasteiger partial charge in [-0.3, -0.25) is 4.79 Å². The first-order valence-electron chi connectivity index (χ1n) is 12.5. The summed E-state index contributed by atoms with van der Waals surface area (Å²) < 4.78 is 0. The summed E-state index contributed by atoms with van der Waals surface area (Å²) in [5.41, 5.74) is 1.96. The Morgan fingerprint density at radius 3 is 1.51 bits per heavy atom. The van der Waals surface area contributed by atoms with Crippen LogP contribution in [0, 0.1) is 6.07 Å². The summed E-state index contributed by atoms with van der Waals surface area (Å²) in [6.07, 6.45) is 2.99. The molecule has 1 heterocycles. The zero-order chi connectivity index (χ0) is 26.8. The van der Waals surface area contributed by atoms with Gasteiger partial charge in [-0.1, -0.05) is 119 Å². The molecule has 0 fully saturated rings. The normalized spacial score (nSPS) is 11.0. The quantitative estimate of drug-likeness (QED) is 0.0894. The van der Waals surface area contributed by atoms with Crippen molar-refractivity contribution in [1.82, 2.24) is 4.98 Å². The second kappa shape index (κ2) is 14.3. The number of ketones is 1. The van der Waals surface area contributed by atoms with E-state index in [2.05, 4.69) is 120 Å². The molecule has 0 amide bonds. The number of nitrogens with zero attached hydrogens (tertiary/aromatic N) is 1. The molecule has 0 atom stereocenters. The molecular formula is C34H30NO2PtSi-. The van der Waals surface area contributed by atoms with Crippen LogP contribution in [-0.4, -0.2) is 23.9 Å². The van der Waals surface area contributed by atoms with Gasteiger partial charge in [0.1, 0.15) is 8.07 Å². The molecule has 0 saturated carbocycles. The summed E-state index contributed by atoms with van der Waals surface area (Å²) in [6.45, 7) is 2.85. The monoisotopic (exact) mass is 707 g/mol. The van der Waals surface area contributed by atoms with Crippen LogP contribution in [0.15, 0.2) is 145 Å². The van der Waals surface area contributed by atoms with Gasteiger partial charge in [-0.2, -0.15) is 0 Å². The molecule has 5 rings (SSSR count). The SMILES string of the molecule is CC(=O)/C=C(/C)O.[Pt].[c-]1cc([Si](c2ccccc2)(c2ccccc2)c2ccccc2)ccc1-c1ccccn1. The number of allylic oxidation sites excluding steroid dienone is 2. The predicted octanol–water partition coefficient (Wildman–Crippen LogP) is 4.96. The van der Waals surface area contributed by atoms with Crippen LogP contribution in [0.4, 0.5) is 0 Å². The van der Waals surface area contributed by atoms with Crippen molar-refractivity contribution >= 4 is 34.6 Å². The molecule has 0 spiro atoms. The average Bonchev–Trinajstić information content (AvgIpc) is 2.96. The maximum Gasteiger partial charge on any atom is 0.155 e. The Bertz CT molecular complexity index is 1370. The van der Waals surface area contributed by atoms with Crippen molar-refractivity contribution in [2.24, 2.45) is 0 Å². The third kappa shape index (κ3) is 7.17. The van der Waals surface area contributed by atoms with Gasteiger partial charge < -0.3 is 10.1 Å². The van der Waals surface area contributed by atoms with Gasteiger partial charge in [-0.05, 0) is 25.6 Å². The van der Waals surface area contributed by atoms with Gasteiger partial charge >= 0.3 is 0 Å². The number of pyridine rings is 1. The summed E-state index contributed by atoms with van der Waals surface area (Å²) in [5, 5.41) is 13.8. The number of benzene rings is 4. The van der Waals surface area contributed by atoms with E-state index in [9.17, 15) is 4.79 Å². The molecule has 5 heteroatoms. The van der Waals surface area contributed by atoms with E-state index >= 15 is 0 Å². The van der Waals surface area contributed by atoms with Crippen molar-refractivity contribution in [3.63, 3.8) is 0 Å². The zero-order valence-corrected chi connectivity index (χ0v) is 25.2. The standard InChI is InChI=1S/C29H22NSi.C5H8O2.Pt/c1-4-12-25(13-5-1)31(26-14-6-2-7-15-26,27-16-8-3-9-17-27)28-21-19-24(20-22-28)29-18-10-11-23-30-29;1-4(6)3-5(2)7;/h1-19,21-23H;3,6H,1-2H3;/q-1;;/b;4-3-;. The summed E-state index contributed by atoms with van der Waals surface area (Å²) in [6, 6.07) is 49.0. The van der Waals surface area contributed by atoms with Gasteiger partial charge in [0.15, 0.2) is 5.78 Å². The van der Waals surface area contributed by atoms with E-state index in [1.165, 1.54) is 40.7 Å². The van der Waals surface area contributed by atoms with E-state index in [0.29, 0.717) is 0 Å². The van der Waals surface area contributed by atoms with Gasteiger partial charge in [0, 0.05) is 33.3 Å². The summed E-state index contributed by atoms with van der Waals surface area (Å²) >= 11 is 0. The molecular weight excluding hydrogens is 678 g/mol. The van der Waals surface area contributed by atoms with Crippen LogP contribution in [0.1, 0.15) is 13.8 Å². The molecule has 1 aromatic heterocycles. The molecule has 0 bridgehead atoms. The van der Waals surface area contributed by atoms with Gasteiger partial charge in [-0.15, -0.1) is 35.0 Å². The Labute approximate surface area is 246 Å². The fraction of sp³-hybridized carbons (Fsp3) is 0.0588. The summed E-state index contributed by atoms with van der Waals surface area (Å²) in [7, 11) is -2.48. The van der Waals surface area contributed by atoms with E-state index in [0.717, 1.165) is 11.3 Å². The number of aliphatic hydroxyl groups is 1. The fourth-order valence-electron chi connectivity index (χ4n) is 4.70. The largest absolute Gasteiger partial charge is 0.512 e. The van der Waals surface area contributed by atoms with Gasteiger partial charge in [0.25, 0.3) is 0 Å². The molecule has 5 aromatic rings. The molecule has 0 saturated heterocycles. The van der Waals surface area contributed by atoms with Crippen LogP contribution in [0.25, 0.3) is 11.3 Å². The van der Waals surface area contributed by atoms with E-state index in [-0.39, 0.29) is 32.6 Å². The topological polar surface area (TPSA) is 50.2 Å². The van der Waals surface area contributed by atoms with Crippen LogP contribution in [0.5, 0.6) is 0 Å². The van der Waals surface area contributed by atoms with Gasteiger partial charge in [0.2, 0.25) is 0 Å². The maximum atomic E-state index is 10.0. The number of hydrogen-bond acceptors (Lipinski definition) is 3. The second-order valence-corrected chi connectivity index (χ2v) is 12.8. The van der Waals surface area contributed by atoms with Crippen LogP contribution >= 0.6 is 0 Å². The number of rotatable bonds is 6. The second-order valence-electron chi connectivity index (χ2n) is 8.95. The van der Waals surface area contributed by atoms with Crippen molar-refractivity contribution in [3.05, 3.63) is 151 Å². The Hall–Kier alpha value is -3.85. The minimum atomic E-state index is -2.48. The van der Waals surface area contributed by atoms with Gasteiger partial charge in [-0.25, -0.2) is 0 Å². The predicted molar refractivity (Wildman–Crippen MR) is 159 cm³/mol. The first kappa shape index (κ1) is 29.7. The van der Waals surface area contributed by atoms with Crippen molar-refractivity contribution in [2.75, 3.05) is 0 Å². The Kier molecular flexibility index (Phi) is 10.9. The minimum absolute atomic E-state index is 0. The molecule has 198 valence electrons. The molecule has 39 heavy (non-hydrogen) atoms. The van der Waals surface area contributed by atoms with E-state index in [1.54, 1.807) is 0 Å². The first-order chi connectivity index (χ1) is 18.5. The van der Waals surface area contributed by atoms with Crippen LogP contribution in [0.3, 0.4) is 0 Å². The molecule has 3 nitrogen and oxygen atoms in total. The fourth-order valence-corrected chi connectivity index (χ4v) is 9.40. The van der Waals surface area contributed by atoms with E-state index in [1.807, 2.05) is 24.4 Å². The number of carbonyl (C=O) groups excluding carboxylic acids is 1. The van der Waals surface area contributed by atoms with Crippen molar-refractivity contribution in [1.29, 1.82) is 0 Å². The van der Waals surface area contributed by atoms with Gasteiger partial charge in [0.05, 0.1) is 5.76 Å². The summed E-state index contributed by atoms with van der Waals surface area (Å²) in [5.74, 6) is -0.0625. The van der Waals surface area contributed by atoms with E-state index < -0.39 is 8.07 Å². The third-order valence-corrected chi connectivity index (χ3v) is 11.0. The maximum absolute atomic E-state index is 10.0. The van der Waals surface area contributed by atoms with Crippen LogP contribution in [-0.2, 0) is 25.9 Å². The Morgan fingerprint density at radius 2 is 1.18 bits per heavy atom. The summed E-state index contributed by atoms with van der Waals surface area (Å²) in [4.78, 5) is 14.5. The molecule has 0 aliphatic rings. The third-order valence-electron chi connectivity index (χ3n) is 6.22. The molecule has 0 aliphatic heterocycles. The minimum Gasteiger partial charge on any atom is -0.512 e. The number of carbonyl (C=O) groups is 1. The van der Waals surface area contributed by atoms with Crippen LogP contribution in [0.2, 0.25) is 0 Å². The van der Waals surface area contributed by atoms with E-state index in [4.69, 9.17) is 5.11 Å².